The number of likely N-dealkylation sites (N-methyl/N-ethyl adjacent to an activating group) is 1. The summed E-state index contributed by atoms with van der Waals surface area (Å²) in [6.45, 7) is 5.41. The van der Waals surface area contributed by atoms with E-state index in [2.05, 4.69) is 36.9 Å². The molecule has 1 aliphatic rings. The van der Waals surface area contributed by atoms with E-state index in [9.17, 15) is 0 Å². The van der Waals surface area contributed by atoms with Crippen molar-refractivity contribution in [1.29, 1.82) is 0 Å². The number of nitrogens with two attached hydrogens (primary N) is 1. The first-order valence-electron chi connectivity index (χ1n) is 7.82. The lowest BCUT2D eigenvalue weighted by Crippen LogP contribution is -2.44. The van der Waals surface area contributed by atoms with Crippen molar-refractivity contribution in [3.63, 3.8) is 0 Å². The molecule has 0 aliphatic heterocycles. The van der Waals surface area contributed by atoms with Crippen LogP contribution in [0.25, 0.3) is 0 Å². The fourth-order valence-electron chi connectivity index (χ4n) is 3.54. The van der Waals surface area contributed by atoms with Gasteiger partial charge in [-0.25, -0.2) is 0 Å². The van der Waals surface area contributed by atoms with Crippen LogP contribution >= 0.6 is 0 Å². The second kappa shape index (κ2) is 7.09. The van der Waals surface area contributed by atoms with E-state index in [1.54, 1.807) is 7.11 Å². The van der Waals surface area contributed by atoms with E-state index in [1.807, 2.05) is 6.07 Å². The molecule has 0 amide bonds. The number of methoxy groups -OCH3 is 1. The molecular formula is C17H28N2O. The molecule has 0 aromatic heterocycles. The largest absolute Gasteiger partial charge is 0.497 e. The van der Waals surface area contributed by atoms with Crippen LogP contribution in [0.15, 0.2) is 24.3 Å². The Kier molecular flexibility index (Phi) is 5.44. The van der Waals surface area contributed by atoms with Gasteiger partial charge in [0.15, 0.2) is 0 Å². The van der Waals surface area contributed by atoms with Crippen LogP contribution in [0.1, 0.15) is 51.1 Å². The van der Waals surface area contributed by atoms with E-state index in [4.69, 9.17) is 10.5 Å². The molecule has 2 atom stereocenters. The predicted octanol–water partition coefficient (Wildman–Crippen LogP) is 3.35. The van der Waals surface area contributed by atoms with E-state index in [0.29, 0.717) is 6.04 Å². The van der Waals surface area contributed by atoms with Gasteiger partial charge in [-0.05, 0) is 44.0 Å². The van der Waals surface area contributed by atoms with Crippen molar-refractivity contribution in [2.24, 2.45) is 5.73 Å². The van der Waals surface area contributed by atoms with Crippen molar-refractivity contribution in [1.82, 2.24) is 4.90 Å². The lowest BCUT2D eigenvalue weighted by Gasteiger charge is -2.38. The van der Waals surface area contributed by atoms with E-state index in [0.717, 1.165) is 12.3 Å². The quantitative estimate of drug-likeness (QED) is 0.866. The number of benzene rings is 1. The van der Waals surface area contributed by atoms with Gasteiger partial charge in [0.05, 0.1) is 13.2 Å². The fourth-order valence-corrected chi connectivity index (χ4v) is 3.54. The first kappa shape index (κ1) is 15.3. The second-order valence-corrected chi connectivity index (χ2v) is 5.85. The summed E-state index contributed by atoms with van der Waals surface area (Å²) in [7, 11) is 1.72. The minimum Gasteiger partial charge on any atom is -0.497 e. The molecule has 1 aliphatic carbocycles. The molecule has 112 valence electrons. The van der Waals surface area contributed by atoms with Crippen LogP contribution in [0.4, 0.5) is 0 Å². The highest BCUT2D eigenvalue weighted by Crippen LogP contribution is 2.33. The molecule has 0 radical (unpaired) electrons. The minimum atomic E-state index is 0.114. The molecule has 1 saturated carbocycles. The molecule has 0 heterocycles. The molecule has 1 aromatic carbocycles. The second-order valence-electron chi connectivity index (χ2n) is 5.85. The Morgan fingerprint density at radius 1 is 1.35 bits per heavy atom. The summed E-state index contributed by atoms with van der Waals surface area (Å²) in [6.07, 6.45) is 5.32. The van der Waals surface area contributed by atoms with Gasteiger partial charge < -0.3 is 10.5 Å². The van der Waals surface area contributed by atoms with E-state index in [1.165, 1.54) is 31.2 Å². The van der Waals surface area contributed by atoms with Crippen molar-refractivity contribution in [2.45, 2.75) is 57.7 Å². The Labute approximate surface area is 123 Å². The van der Waals surface area contributed by atoms with Crippen molar-refractivity contribution in [2.75, 3.05) is 13.7 Å². The summed E-state index contributed by atoms with van der Waals surface area (Å²) in [4.78, 5) is 2.59. The SMILES string of the molecule is CCN(C1CCCC1)C(c1cccc(OC)c1)C(C)N. The first-order valence-corrected chi connectivity index (χ1v) is 7.82. The van der Waals surface area contributed by atoms with E-state index >= 15 is 0 Å². The maximum Gasteiger partial charge on any atom is 0.119 e. The summed E-state index contributed by atoms with van der Waals surface area (Å²) in [5, 5.41) is 0. The fraction of sp³-hybridized carbons (Fsp3) is 0.647. The number of hydrogen-bond donors (Lipinski definition) is 1. The topological polar surface area (TPSA) is 38.5 Å². The molecule has 3 nitrogen and oxygen atoms in total. The van der Waals surface area contributed by atoms with Crippen LogP contribution in [0, 0.1) is 0 Å². The van der Waals surface area contributed by atoms with Gasteiger partial charge in [-0.15, -0.1) is 0 Å². The number of nitrogens with zero attached hydrogens (tertiary/aromatic N) is 1. The summed E-state index contributed by atoms with van der Waals surface area (Å²) in [6, 6.07) is 9.43. The summed E-state index contributed by atoms with van der Waals surface area (Å²) in [5.74, 6) is 0.913. The lowest BCUT2D eigenvalue weighted by molar-refractivity contribution is 0.127. The summed E-state index contributed by atoms with van der Waals surface area (Å²) in [5.41, 5.74) is 7.59. The van der Waals surface area contributed by atoms with Gasteiger partial charge in [0, 0.05) is 12.1 Å². The van der Waals surface area contributed by atoms with Gasteiger partial charge in [-0.2, -0.15) is 0 Å². The molecule has 1 aromatic rings. The molecular weight excluding hydrogens is 248 g/mol. The molecule has 3 heteroatoms. The molecule has 2 rings (SSSR count). The van der Waals surface area contributed by atoms with Crippen LogP contribution in [-0.2, 0) is 0 Å². The average molecular weight is 276 g/mol. The lowest BCUT2D eigenvalue weighted by atomic mass is 9.96. The standard InChI is InChI=1S/C17H28N2O/c1-4-19(15-9-5-6-10-15)17(13(2)18)14-8-7-11-16(12-14)20-3/h7-8,11-13,15,17H,4-6,9-10,18H2,1-3H3. The van der Waals surface area contributed by atoms with Crippen molar-refractivity contribution in [3.05, 3.63) is 29.8 Å². The molecule has 2 N–H and O–H groups in total. The molecule has 0 spiro atoms. The molecule has 0 saturated heterocycles. The van der Waals surface area contributed by atoms with Crippen LogP contribution in [-0.4, -0.2) is 30.6 Å². The smallest absolute Gasteiger partial charge is 0.119 e. The number of hydrogen-bond acceptors (Lipinski definition) is 3. The van der Waals surface area contributed by atoms with Crippen LogP contribution in [0.2, 0.25) is 0 Å². The van der Waals surface area contributed by atoms with Crippen LogP contribution < -0.4 is 10.5 Å². The molecule has 20 heavy (non-hydrogen) atoms. The van der Waals surface area contributed by atoms with Crippen LogP contribution in [0.5, 0.6) is 5.75 Å². The van der Waals surface area contributed by atoms with Gasteiger partial charge in [0.25, 0.3) is 0 Å². The van der Waals surface area contributed by atoms with Gasteiger partial charge in [-0.1, -0.05) is 31.9 Å². The zero-order chi connectivity index (χ0) is 14.5. The highest BCUT2D eigenvalue weighted by atomic mass is 16.5. The Morgan fingerprint density at radius 3 is 2.60 bits per heavy atom. The maximum atomic E-state index is 6.32. The average Bonchev–Trinajstić information content (AvgIpc) is 2.98. The van der Waals surface area contributed by atoms with Gasteiger partial charge >= 0.3 is 0 Å². The maximum absolute atomic E-state index is 6.32. The van der Waals surface area contributed by atoms with E-state index < -0.39 is 0 Å². The third-order valence-electron chi connectivity index (χ3n) is 4.45. The third-order valence-corrected chi connectivity index (χ3v) is 4.45. The Morgan fingerprint density at radius 2 is 2.05 bits per heavy atom. The van der Waals surface area contributed by atoms with Gasteiger partial charge in [0.1, 0.15) is 5.75 Å². The molecule has 1 fully saturated rings. The van der Waals surface area contributed by atoms with Crippen molar-refractivity contribution < 1.29 is 4.74 Å². The van der Waals surface area contributed by atoms with Crippen LogP contribution in [0.3, 0.4) is 0 Å². The monoisotopic (exact) mass is 276 g/mol. The zero-order valence-corrected chi connectivity index (χ0v) is 13.0. The summed E-state index contributed by atoms with van der Waals surface area (Å²) >= 11 is 0. The Bertz CT molecular complexity index is 413. The van der Waals surface area contributed by atoms with Gasteiger partial charge in [-0.3, -0.25) is 4.90 Å². The molecule has 2 unspecified atom stereocenters. The van der Waals surface area contributed by atoms with Gasteiger partial charge in [0.2, 0.25) is 0 Å². The van der Waals surface area contributed by atoms with Crippen molar-refractivity contribution in [3.8, 4) is 5.75 Å². The minimum absolute atomic E-state index is 0.114. The normalized spacial score (nSPS) is 19.2. The van der Waals surface area contributed by atoms with E-state index in [-0.39, 0.29) is 12.1 Å². The first-order chi connectivity index (χ1) is 9.67. The zero-order valence-electron chi connectivity index (χ0n) is 13.0. The predicted molar refractivity (Wildman–Crippen MR) is 84.0 cm³/mol. The Hall–Kier alpha value is -1.06. The Balaban J connectivity index is 2.28. The molecule has 0 bridgehead atoms. The third kappa shape index (κ3) is 3.33. The van der Waals surface area contributed by atoms with Crippen molar-refractivity contribution >= 4 is 0 Å². The highest BCUT2D eigenvalue weighted by Gasteiger charge is 2.30. The number of rotatable bonds is 6. The highest BCUT2D eigenvalue weighted by molar-refractivity contribution is 5.31. The summed E-state index contributed by atoms with van der Waals surface area (Å²) < 4.78 is 5.36. The number of ether oxygens (including phenoxy) is 1.